The van der Waals surface area contributed by atoms with Crippen molar-refractivity contribution in [1.29, 1.82) is 0 Å². The molecule has 0 saturated carbocycles. The highest BCUT2D eigenvalue weighted by molar-refractivity contribution is 5.55. The summed E-state index contributed by atoms with van der Waals surface area (Å²) in [6, 6.07) is 9.86. The van der Waals surface area contributed by atoms with Gasteiger partial charge in [-0.25, -0.2) is 0 Å². The number of aliphatic hydroxyl groups excluding tert-OH is 1. The molecule has 0 heterocycles. The van der Waals surface area contributed by atoms with E-state index in [0.717, 1.165) is 11.1 Å². The maximum absolute atomic E-state index is 9.89. The fourth-order valence-electron chi connectivity index (χ4n) is 1.90. The minimum Gasteiger partial charge on any atom is -0.385 e. The first-order chi connectivity index (χ1) is 8.13. The van der Waals surface area contributed by atoms with E-state index >= 15 is 0 Å². The Kier molecular flexibility index (Phi) is 3.43. The van der Waals surface area contributed by atoms with E-state index in [0.29, 0.717) is 6.42 Å². The van der Waals surface area contributed by atoms with Gasteiger partial charge in [-0.05, 0) is 17.2 Å². The second-order valence-electron chi connectivity index (χ2n) is 4.27. The van der Waals surface area contributed by atoms with Crippen LogP contribution in [0.2, 0.25) is 0 Å². The molecule has 0 amide bonds. The minimum atomic E-state index is -0.806. The lowest BCUT2D eigenvalue weighted by Crippen LogP contribution is -2.43. The SMILES string of the molecule is COC1(N)C=CC(O)/C(=C\c2ccccc2)C1. The topological polar surface area (TPSA) is 55.5 Å². The first-order valence-electron chi connectivity index (χ1n) is 5.60. The van der Waals surface area contributed by atoms with Gasteiger partial charge in [-0.3, -0.25) is 5.73 Å². The van der Waals surface area contributed by atoms with Crippen molar-refractivity contribution in [3.8, 4) is 0 Å². The molecule has 0 radical (unpaired) electrons. The van der Waals surface area contributed by atoms with E-state index in [1.807, 2.05) is 36.4 Å². The van der Waals surface area contributed by atoms with Crippen LogP contribution < -0.4 is 5.73 Å². The molecule has 17 heavy (non-hydrogen) atoms. The van der Waals surface area contributed by atoms with E-state index in [1.165, 1.54) is 0 Å². The standard InChI is InChI=1S/C14H17NO2/c1-17-14(15)8-7-13(16)12(10-14)9-11-5-3-2-4-6-11/h2-9,13,16H,10,15H2,1H3/b12-9-. The molecule has 3 N–H and O–H groups in total. The first-order valence-corrected chi connectivity index (χ1v) is 5.60. The van der Waals surface area contributed by atoms with Crippen molar-refractivity contribution in [2.45, 2.75) is 18.2 Å². The highest BCUT2D eigenvalue weighted by atomic mass is 16.5. The van der Waals surface area contributed by atoms with Crippen LogP contribution in [0.15, 0.2) is 48.1 Å². The van der Waals surface area contributed by atoms with Gasteiger partial charge in [0.1, 0.15) is 5.72 Å². The lowest BCUT2D eigenvalue weighted by atomic mass is 9.90. The highest BCUT2D eigenvalue weighted by Gasteiger charge is 2.29. The molecule has 90 valence electrons. The van der Waals surface area contributed by atoms with Crippen LogP contribution in [-0.4, -0.2) is 24.0 Å². The summed E-state index contributed by atoms with van der Waals surface area (Å²) in [4.78, 5) is 0. The third-order valence-electron chi connectivity index (χ3n) is 2.95. The molecule has 2 rings (SSSR count). The molecule has 3 heteroatoms. The van der Waals surface area contributed by atoms with Gasteiger partial charge in [0.05, 0.1) is 6.10 Å². The smallest absolute Gasteiger partial charge is 0.139 e. The van der Waals surface area contributed by atoms with Gasteiger partial charge in [0.2, 0.25) is 0 Å². The number of hydrogen-bond donors (Lipinski definition) is 2. The van der Waals surface area contributed by atoms with Crippen LogP contribution in [0.25, 0.3) is 6.08 Å². The van der Waals surface area contributed by atoms with Crippen LogP contribution in [-0.2, 0) is 4.74 Å². The van der Waals surface area contributed by atoms with E-state index < -0.39 is 11.8 Å². The number of aliphatic hydroxyl groups is 1. The van der Waals surface area contributed by atoms with Gasteiger partial charge in [-0.15, -0.1) is 0 Å². The number of hydrogen-bond acceptors (Lipinski definition) is 3. The molecule has 3 nitrogen and oxygen atoms in total. The van der Waals surface area contributed by atoms with Crippen molar-refractivity contribution in [3.05, 3.63) is 53.6 Å². The maximum atomic E-state index is 9.89. The van der Waals surface area contributed by atoms with Crippen molar-refractivity contribution in [1.82, 2.24) is 0 Å². The summed E-state index contributed by atoms with van der Waals surface area (Å²) < 4.78 is 5.23. The minimum absolute atomic E-state index is 0.496. The van der Waals surface area contributed by atoms with Gasteiger partial charge in [-0.1, -0.05) is 42.5 Å². The van der Waals surface area contributed by atoms with Crippen molar-refractivity contribution < 1.29 is 9.84 Å². The van der Waals surface area contributed by atoms with Crippen LogP contribution in [0.3, 0.4) is 0 Å². The third-order valence-corrected chi connectivity index (χ3v) is 2.95. The van der Waals surface area contributed by atoms with Gasteiger partial charge in [0, 0.05) is 13.5 Å². The highest BCUT2D eigenvalue weighted by Crippen LogP contribution is 2.27. The predicted octanol–water partition coefficient (Wildman–Crippen LogP) is 1.69. The Hall–Kier alpha value is -1.42. The quantitative estimate of drug-likeness (QED) is 0.601. The lowest BCUT2D eigenvalue weighted by Gasteiger charge is -2.31. The summed E-state index contributed by atoms with van der Waals surface area (Å²) in [5.74, 6) is 0. The van der Waals surface area contributed by atoms with Gasteiger partial charge in [-0.2, -0.15) is 0 Å². The van der Waals surface area contributed by atoms with E-state index in [1.54, 1.807) is 19.3 Å². The van der Waals surface area contributed by atoms with Gasteiger partial charge < -0.3 is 9.84 Å². The average molecular weight is 231 g/mol. The van der Waals surface area contributed by atoms with Gasteiger partial charge in [0.25, 0.3) is 0 Å². The van der Waals surface area contributed by atoms with Crippen molar-refractivity contribution in [2.75, 3.05) is 7.11 Å². The van der Waals surface area contributed by atoms with Gasteiger partial charge >= 0.3 is 0 Å². The van der Waals surface area contributed by atoms with E-state index in [4.69, 9.17) is 10.5 Å². The predicted molar refractivity (Wildman–Crippen MR) is 68.1 cm³/mol. The monoisotopic (exact) mass is 231 g/mol. The van der Waals surface area contributed by atoms with Crippen LogP contribution in [0.1, 0.15) is 12.0 Å². The molecule has 0 aromatic heterocycles. The Morgan fingerprint density at radius 2 is 2.12 bits per heavy atom. The van der Waals surface area contributed by atoms with Crippen LogP contribution in [0.4, 0.5) is 0 Å². The summed E-state index contributed by atoms with van der Waals surface area (Å²) >= 11 is 0. The second kappa shape index (κ2) is 4.84. The molecule has 2 atom stereocenters. The molecule has 0 bridgehead atoms. The maximum Gasteiger partial charge on any atom is 0.139 e. The number of nitrogens with two attached hydrogens (primary N) is 1. The van der Waals surface area contributed by atoms with Gasteiger partial charge in [0.15, 0.2) is 0 Å². The zero-order valence-corrected chi connectivity index (χ0v) is 9.84. The number of rotatable bonds is 2. The second-order valence-corrected chi connectivity index (χ2v) is 4.27. The fourth-order valence-corrected chi connectivity index (χ4v) is 1.90. The summed E-state index contributed by atoms with van der Waals surface area (Å²) in [6.45, 7) is 0. The third kappa shape index (κ3) is 2.82. The van der Waals surface area contributed by atoms with Crippen LogP contribution in [0, 0.1) is 0 Å². The van der Waals surface area contributed by atoms with E-state index in [2.05, 4.69) is 0 Å². The zero-order valence-electron chi connectivity index (χ0n) is 9.84. The van der Waals surface area contributed by atoms with Crippen LogP contribution in [0.5, 0.6) is 0 Å². The Morgan fingerprint density at radius 1 is 1.41 bits per heavy atom. The Bertz CT molecular complexity index is 439. The molecule has 2 unspecified atom stereocenters. The van der Waals surface area contributed by atoms with Crippen molar-refractivity contribution in [3.63, 3.8) is 0 Å². The lowest BCUT2D eigenvalue weighted by molar-refractivity contribution is 0.0288. The molecular weight excluding hydrogens is 214 g/mol. The molecule has 0 fully saturated rings. The number of ether oxygens (including phenoxy) is 1. The summed E-state index contributed by atoms with van der Waals surface area (Å²) in [5.41, 5.74) is 7.11. The normalized spacial score (nSPS) is 30.8. The fraction of sp³-hybridized carbons (Fsp3) is 0.286. The zero-order chi connectivity index (χ0) is 12.3. The molecule has 1 aliphatic rings. The number of benzene rings is 1. The van der Waals surface area contributed by atoms with E-state index in [-0.39, 0.29) is 0 Å². The summed E-state index contributed by atoms with van der Waals surface area (Å²) in [7, 11) is 1.57. The van der Waals surface area contributed by atoms with E-state index in [9.17, 15) is 5.11 Å². The summed E-state index contributed by atoms with van der Waals surface area (Å²) in [5, 5.41) is 9.89. The van der Waals surface area contributed by atoms with Crippen molar-refractivity contribution >= 4 is 6.08 Å². The number of methoxy groups -OCH3 is 1. The molecule has 1 aromatic carbocycles. The molecule has 0 saturated heterocycles. The summed E-state index contributed by atoms with van der Waals surface area (Å²) in [6.07, 6.45) is 5.24. The molecule has 0 spiro atoms. The first kappa shape index (κ1) is 12.0. The molecule has 1 aliphatic carbocycles. The average Bonchev–Trinajstić information content (AvgIpc) is 2.35. The Balaban J connectivity index is 2.27. The largest absolute Gasteiger partial charge is 0.385 e. The Morgan fingerprint density at radius 3 is 2.76 bits per heavy atom. The molecule has 0 aliphatic heterocycles. The van der Waals surface area contributed by atoms with Crippen LogP contribution >= 0.6 is 0 Å². The van der Waals surface area contributed by atoms with Crippen molar-refractivity contribution in [2.24, 2.45) is 5.73 Å². The Labute approximate surface area is 101 Å². The molecule has 1 aromatic rings. The molecular formula is C14H17NO2.